The molecule has 0 spiro atoms. The maximum Gasteiger partial charge on any atom is 0.222 e. The van der Waals surface area contributed by atoms with Gasteiger partial charge in [0, 0.05) is 44.8 Å². The Hall–Kier alpha value is -2.62. The molecule has 146 valence electrons. The first-order valence-corrected chi connectivity index (χ1v) is 10.2. The summed E-state index contributed by atoms with van der Waals surface area (Å²) >= 11 is 0. The van der Waals surface area contributed by atoms with Crippen LogP contribution in [0, 0.1) is 18.8 Å². The second kappa shape index (κ2) is 7.78. The topological polar surface area (TPSA) is 40.6 Å². The summed E-state index contributed by atoms with van der Waals surface area (Å²) < 4.78 is 0. The summed E-state index contributed by atoms with van der Waals surface area (Å²) in [6, 6.07) is 18.6. The van der Waals surface area contributed by atoms with Gasteiger partial charge in [-0.2, -0.15) is 0 Å². The second-order valence-corrected chi connectivity index (χ2v) is 8.18. The van der Waals surface area contributed by atoms with Crippen molar-refractivity contribution in [3.63, 3.8) is 0 Å². The Kier molecular flexibility index (Phi) is 5.21. The quantitative estimate of drug-likeness (QED) is 0.818. The molecule has 0 radical (unpaired) electrons. The molecule has 0 unspecified atom stereocenters. The van der Waals surface area contributed by atoms with E-state index in [1.54, 1.807) is 6.92 Å². The number of carbonyl (C=O) groups is 2. The minimum Gasteiger partial charge on any atom is -0.342 e. The van der Waals surface area contributed by atoms with E-state index in [0.29, 0.717) is 18.3 Å². The summed E-state index contributed by atoms with van der Waals surface area (Å²) in [4.78, 5) is 29.1. The van der Waals surface area contributed by atoms with Gasteiger partial charge in [0.1, 0.15) is 0 Å². The van der Waals surface area contributed by atoms with Gasteiger partial charge in [0.05, 0.1) is 6.04 Å². The van der Waals surface area contributed by atoms with E-state index in [4.69, 9.17) is 0 Å². The molecule has 2 heterocycles. The van der Waals surface area contributed by atoms with Crippen LogP contribution in [0.5, 0.6) is 0 Å². The third-order valence-corrected chi connectivity index (χ3v) is 6.43. The molecule has 0 bridgehead atoms. The molecule has 2 aliphatic heterocycles. The molecule has 2 amide bonds. The van der Waals surface area contributed by atoms with Gasteiger partial charge in [0.25, 0.3) is 0 Å². The lowest BCUT2D eigenvalue weighted by molar-refractivity contribution is -0.131. The van der Waals surface area contributed by atoms with E-state index in [1.807, 2.05) is 40.1 Å². The fourth-order valence-electron chi connectivity index (χ4n) is 4.94. The molecular weight excluding hydrogens is 348 g/mol. The van der Waals surface area contributed by atoms with Crippen LogP contribution in [0.3, 0.4) is 0 Å². The van der Waals surface area contributed by atoms with Gasteiger partial charge in [-0.25, -0.2) is 0 Å². The molecule has 4 nitrogen and oxygen atoms in total. The number of benzene rings is 2. The summed E-state index contributed by atoms with van der Waals surface area (Å²) in [5, 5.41) is 0. The van der Waals surface area contributed by atoms with Crippen LogP contribution in [0.15, 0.2) is 54.6 Å². The zero-order chi connectivity index (χ0) is 19.7. The van der Waals surface area contributed by atoms with Crippen LogP contribution in [0.25, 0.3) is 0 Å². The van der Waals surface area contributed by atoms with Crippen molar-refractivity contribution in [2.24, 2.45) is 11.8 Å². The van der Waals surface area contributed by atoms with E-state index in [0.717, 1.165) is 26.1 Å². The Bertz CT molecular complexity index is 864. The number of likely N-dealkylation sites (tertiary alicyclic amines) is 2. The SMILES string of the molecule is CC(=O)N1C[C@H]2CN(C(=O)CCc3ccccc3C)C[C@H]2[C@H]1c1ccccc1. The first-order chi connectivity index (χ1) is 13.5. The van der Waals surface area contributed by atoms with Gasteiger partial charge in [-0.3, -0.25) is 9.59 Å². The Morgan fingerprint density at radius 2 is 1.68 bits per heavy atom. The highest BCUT2D eigenvalue weighted by Crippen LogP contribution is 2.45. The summed E-state index contributed by atoms with van der Waals surface area (Å²) in [5.41, 5.74) is 3.68. The standard InChI is InChI=1S/C24H28N2O2/c1-17-8-6-7-9-19(17)12-13-23(28)25-14-21-15-26(18(2)27)24(22(21)16-25)20-10-4-3-5-11-20/h3-11,21-22,24H,12-16H2,1-2H3/t21-,22-,24-/m1/s1. The normalized spacial score (nSPS) is 23.7. The molecule has 4 heteroatoms. The maximum absolute atomic E-state index is 12.9. The van der Waals surface area contributed by atoms with Crippen molar-refractivity contribution in [1.82, 2.24) is 9.80 Å². The number of aryl methyl sites for hydroxylation is 2. The molecule has 0 saturated carbocycles. The summed E-state index contributed by atoms with van der Waals surface area (Å²) in [5.74, 6) is 1.06. The monoisotopic (exact) mass is 376 g/mol. The lowest BCUT2D eigenvalue weighted by Gasteiger charge is -2.29. The lowest BCUT2D eigenvalue weighted by Crippen LogP contribution is -2.36. The lowest BCUT2D eigenvalue weighted by atomic mass is 9.89. The molecule has 4 rings (SSSR count). The van der Waals surface area contributed by atoms with Gasteiger partial charge >= 0.3 is 0 Å². The number of hydrogen-bond donors (Lipinski definition) is 0. The van der Waals surface area contributed by atoms with Gasteiger partial charge in [0.2, 0.25) is 11.8 Å². The third-order valence-electron chi connectivity index (χ3n) is 6.43. The largest absolute Gasteiger partial charge is 0.342 e. The maximum atomic E-state index is 12.9. The molecule has 2 aromatic rings. The van der Waals surface area contributed by atoms with Gasteiger partial charge < -0.3 is 9.80 Å². The Balaban J connectivity index is 1.45. The highest BCUT2D eigenvalue weighted by molar-refractivity contribution is 5.77. The average molecular weight is 377 g/mol. The fourth-order valence-corrected chi connectivity index (χ4v) is 4.94. The number of amides is 2. The van der Waals surface area contributed by atoms with Crippen molar-refractivity contribution in [2.45, 2.75) is 32.7 Å². The van der Waals surface area contributed by atoms with Crippen LogP contribution in [-0.2, 0) is 16.0 Å². The van der Waals surface area contributed by atoms with Crippen LogP contribution in [0.1, 0.15) is 36.1 Å². The van der Waals surface area contributed by atoms with E-state index in [-0.39, 0.29) is 17.9 Å². The van der Waals surface area contributed by atoms with Gasteiger partial charge in [-0.15, -0.1) is 0 Å². The van der Waals surface area contributed by atoms with Crippen molar-refractivity contribution >= 4 is 11.8 Å². The van der Waals surface area contributed by atoms with Crippen LogP contribution in [0.2, 0.25) is 0 Å². The summed E-state index contributed by atoms with van der Waals surface area (Å²) in [6.07, 6.45) is 1.34. The van der Waals surface area contributed by atoms with E-state index >= 15 is 0 Å². The van der Waals surface area contributed by atoms with E-state index < -0.39 is 0 Å². The minimum absolute atomic E-state index is 0.0814. The van der Waals surface area contributed by atoms with E-state index in [2.05, 4.69) is 31.2 Å². The third kappa shape index (κ3) is 3.56. The number of fused-ring (bicyclic) bond motifs is 1. The van der Waals surface area contributed by atoms with Crippen molar-refractivity contribution in [3.8, 4) is 0 Å². The molecule has 2 aliphatic rings. The molecule has 28 heavy (non-hydrogen) atoms. The van der Waals surface area contributed by atoms with Crippen LogP contribution in [0.4, 0.5) is 0 Å². The average Bonchev–Trinajstić information content (AvgIpc) is 3.26. The predicted molar refractivity (Wildman–Crippen MR) is 110 cm³/mol. The van der Waals surface area contributed by atoms with Crippen LogP contribution >= 0.6 is 0 Å². The smallest absolute Gasteiger partial charge is 0.222 e. The number of rotatable bonds is 4. The van der Waals surface area contributed by atoms with Crippen LogP contribution < -0.4 is 0 Å². The molecule has 3 atom stereocenters. The fraction of sp³-hybridized carbons (Fsp3) is 0.417. The number of nitrogens with zero attached hydrogens (tertiary/aromatic N) is 2. The number of hydrogen-bond acceptors (Lipinski definition) is 2. The van der Waals surface area contributed by atoms with Crippen molar-refractivity contribution in [2.75, 3.05) is 19.6 Å². The highest BCUT2D eigenvalue weighted by atomic mass is 16.2. The highest BCUT2D eigenvalue weighted by Gasteiger charge is 2.49. The molecule has 0 N–H and O–H groups in total. The molecule has 2 aromatic carbocycles. The molecule has 2 fully saturated rings. The Morgan fingerprint density at radius 3 is 2.39 bits per heavy atom. The summed E-state index contributed by atoms with van der Waals surface area (Å²) in [7, 11) is 0. The molecule has 0 aliphatic carbocycles. The second-order valence-electron chi connectivity index (χ2n) is 8.18. The Morgan fingerprint density at radius 1 is 0.964 bits per heavy atom. The summed E-state index contributed by atoms with van der Waals surface area (Å²) in [6.45, 7) is 6.02. The molecular formula is C24H28N2O2. The minimum atomic E-state index is 0.0814. The van der Waals surface area contributed by atoms with Crippen molar-refractivity contribution in [1.29, 1.82) is 0 Å². The van der Waals surface area contributed by atoms with Gasteiger partial charge in [-0.1, -0.05) is 54.6 Å². The van der Waals surface area contributed by atoms with Gasteiger partial charge in [0.15, 0.2) is 0 Å². The number of carbonyl (C=O) groups excluding carboxylic acids is 2. The zero-order valence-electron chi connectivity index (χ0n) is 16.7. The molecule has 0 aromatic heterocycles. The van der Waals surface area contributed by atoms with Crippen LogP contribution in [-0.4, -0.2) is 41.2 Å². The van der Waals surface area contributed by atoms with Gasteiger partial charge in [-0.05, 0) is 30.0 Å². The molecule has 2 saturated heterocycles. The first kappa shape index (κ1) is 18.7. The zero-order valence-corrected chi connectivity index (χ0v) is 16.7. The van der Waals surface area contributed by atoms with E-state index in [9.17, 15) is 9.59 Å². The van der Waals surface area contributed by atoms with E-state index in [1.165, 1.54) is 16.7 Å². The Labute approximate surface area is 167 Å². The van der Waals surface area contributed by atoms with Crippen molar-refractivity contribution < 1.29 is 9.59 Å². The first-order valence-electron chi connectivity index (χ1n) is 10.2. The predicted octanol–water partition coefficient (Wildman–Crippen LogP) is 3.61. The van der Waals surface area contributed by atoms with Crippen molar-refractivity contribution in [3.05, 3.63) is 71.3 Å².